The Hall–Kier alpha value is -1.49. The van der Waals surface area contributed by atoms with Crippen molar-refractivity contribution < 1.29 is 4.79 Å². The highest BCUT2D eigenvalue weighted by Crippen LogP contribution is 2.06. The fourth-order valence-corrected chi connectivity index (χ4v) is 1.13. The van der Waals surface area contributed by atoms with E-state index in [4.69, 9.17) is 5.73 Å². The zero-order chi connectivity index (χ0) is 10.7. The van der Waals surface area contributed by atoms with Crippen LogP contribution in [0.5, 0.6) is 0 Å². The van der Waals surface area contributed by atoms with Gasteiger partial charge >= 0.3 is 0 Å². The number of carbonyl (C=O) groups is 1. The lowest BCUT2D eigenvalue weighted by atomic mass is 10.1. The van der Waals surface area contributed by atoms with Crippen LogP contribution in [0.4, 0.5) is 5.95 Å². The Bertz CT molecular complexity index is 349. The van der Waals surface area contributed by atoms with Gasteiger partial charge in [0.15, 0.2) is 5.78 Å². The number of likely N-dealkylation sites (N-methyl/N-ethyl adjacent to an activating group) is 1. The monoisotopic (exact) mass is 194 g/mol. The standard InChI is InChI=1S/C9H14N4O/c1-6-7(4-11-9(10)12-6)8(14)5-13(2)3/h4H,5H2,1-3H3,(H2,10,11,12). The zero-order valence-electron chi connectivity index (χ0n) is 8.61. The predicted molar refractivity (Wildman–Crippen MR) is 54.1 cm³/mol. The maximum Gasteiger partial charge on any atom is 0.220 e. The van der Waals surface area contributed by atoms with E-state index in [0.717, 1.165) is 0 Å². The molecule has 0 unspecified atom stereocenters. The number of Topliss-reactive ketones (excluding diaryl/α,β-unsaturated/α-hetero) is 1. The van der Waals surface area contributed by atoms with E-state index in [-0.39, 0.29) is 11.7 Å². The van der Waals surface area contributed by atoms with E-state index < -0.39 is 0 Å². The Balaban J connectivity index is 2.90. The summed E-state index contributed by atoms with van der Waals surface area (Å²) < 4.78 is 0. The second-order valence-electron chi connectivity index (χ2n) is 3.39. The van der Waals surface area contributed by atoms with Gasteiger partial charge in [0.25, 0.3) is 0 Å². The number of nitrogens with two attached hydrogens (primary N) is 1. The fraction of sp³-hybridized carbons (Fsp3) is 0.444. The highest BCUT2D eigenvalue weighted by Gasteiger charge is 2.11. The second-order valence-corrected chi connectivity index (χ2v) is 3.39. The first-order valence-electron chi connectivity index (χ1n) is 4.27. The van der Waals surface area contributed by atoms with Crippen molar-refractivity contribution in [1.82, 2.24) is 14.9 Å². The van der Waals surface area contributed by atoms with Gasteiger partial charge in [-0.15, -0.1) is 0 Å². The lowest BCUT2D eigenvalue weighted by Crippen LogP contribution is -2.22. The summed E-state index contributed by atoms with van der Waals surface area (Å²) in [5.74, 6) is 0.205. The van der Waals surface area contributed by atoms with Crippen LogP contribution in [0.1, 0.15) is 16.1 Å². The number of nitrogen functional groups attached to an aromatic ring is 1. The van der Waals surface area contributed by atoms with Crippen LogP contribution in [0.2, 0.25) is 0 Å². The van der Waals surface area contributed by atoms with E-state index in [0.29, 0.717) is 17.8 Å². The molecule has 0 radical (unpaired) electrons. The molecule has 2 N–H and O–H groups in total. The van der Waals surface area contributed by atoms with Crippen LogP contribution >= 0.6 is 0 Å². The van der Waals surface area contributed by atoms with Crippen molar-refractivity contribution in [2.45, 2.75) is 6.92 Å². The summed E-state index contributed by atoms with van der Waals surface area (Å²) in [5, 5.41) is 0. The van der Waals surface area contributed by atoms with Gasteiger partial charge in [-0.1, -0.05) is 0 Å². The van der Waals surface area contributed by atoms with Gasteiger partial charge < -0.3 is 10.6 Å². The van der Waals surface area contributed by atoms with Crippen molar-refractivity contribution in [3.05, 3.63) is 17.5 Å². The van der Waals surface area contributed by atoms with E-state index >= 15 is 0 Å². The summed E-state index contributed by atoms with van der Waals surface area (Å²) >= 11 is 0. The average Bonchev–Trinajstić information content (AvgIpc) is 2.01. The number of anilines is 1. The molecule has 0 fully saturated rings. The molecular weight excluding hydrogens is 180 g/mol. The molecule has 0 saturated carbocycles. The smallest absolute Gasteiger partial charge is 0.220 e. The number of nitrogens with zero attached hydrogens (tertiary/aromatic N) is 3. The van der Waals surface area contributed by atoms with Crippen molar-refractivity contribution in [1.29, 1.82) is 0 Å². The molecule has 0 aliphatic heterocycles. The number of carbonyl (C=O) groups excluding carboxylic acids is 1. The molecule has 1 rings (SSSR count). The normalized spacial score (nSPS) is 10.6. The number of ketones is 1. The van der Waals surface area contributed by atoms with Crippen molar-refractivity contribution in [2.75, 3.05) is 26.4 Å². The number of aromatic nitrogens is 2. The van der Waals surface area contributed by atoms with Gasteiger partial charge in [0.2, 0.25) is 5.95 Å². The van der Waals surface area contributed by atoms with Crippen LogP contribution in [-0.2, 0) is 0 Å². The Kier molecular flexibility index (Phi) is 3.14. The Labute approximate surface area is 83.0 Å². The van der Waals surface area contributed by atoms with E-state index in [2.05, 4.69) is 9.97 Å². The minimum Gasteiger partial charge on any atom is -0.368 e. The summed E-state index contributed by atoms with van der Waals surface area (Å²) in [7, 11) is 3.68. The first-order valence-corrected chi connectivity index (χ1v) is 4.27. The fourth-order valence-electron chi connectivity index (χ4n) is 1.13. The largest absolute Gasteiger partial charge is 0.368 e. The highest BCUT2D eigenvalue weighted by atomic mass is 16.1. The first kappa shape index (κ1) is 10.6. The Morgan fingerprint density at radius 3 is 2.71 bits per heavy atom. The van der Waals surface area contributed by atoms with Crippen molar-refractivity contribution in [2.24, 2.45) is 0 Å². The quantitative estimate of drug-likeness (QED) is 0.691. The molecule has 1 heterocycles. The summed E-state index contributed by atoms with van der Waals surface area (Å²) in [6.45, 7) is 2.11. The molecule has 14 heavy (non-hydrogen) atoms. The lowest BCUT2D eigenvalue weighted by molar-refractivity contribution is 0.0956. The third kappa shape index (κ3) is 2.50. The molecule has 0 spiro atoms. The molecule has 0 amide bonds. The molecule has 5 heteroatoms. The SMILES string of the molecule is Cc1nc(N)ncc1C(=O)CN(C)C. The number of hydrogen-bond acceptors (Lipinski definition) is 5. The zero-order valence-corrected chi connectivity index (χ0v) is 8.61. The van der Waals surface area contributed by atoms with Crippen LogP contribution in [0.25, 0.3) is 0 Å². The summed E-state index contributed by atoms with van der Waals surface area (Å²) in [6, 6.07) is 0. The third-order valence-electron chi connectivity index (χ3n) is 1.76. The van der Waals surface area contributed by atoms with Crippen molar-refractivity contribution in [3.8, 4) is 0 Å². The van der Waals surface area contributed by atoms with Gasteiger partial charge in [0.1, 0.15) is 0 Å². The molecule has 1 aromatic heterocycles. The molecule has 76 valence electrons. The van der Waals surface area contributed by atoms with Crippen LogP contribution in [0.3, 0.4) is 0 Å². The molecule has 0 aromatic carbocycles. The third-order valence-corrected chi connectivity index (χ3v) is 1.76. The van der Waals surface area contributed by atoms with Gasteiger partial charge in [0, 0.05) is 6.20 Å². The van der Waals surface area contributed by atoms with Crippen molar-refractivity contribution in [3.63, 3.8) is 0 Å². The minimum atomic E-state index is 0.00694. The minimum absolute atomic E-state index is 0.00694. The summed E-state index contributed by atoms with van der Waals surface area (Å²) in [5.41, 5.74) is 6.55. The van der Waals surface area contributed by atoms with Crippen molar-refractivity contribution >= 4 is 11.7 Å². The second kappa shape index (κ2) is 4.15. The van der Waals surface area contributed by atoms with Gasteiger partial charge in [-0.3, -0.25) is 4.79 Å². The van der Waals surface area contributed by atoms with Crippen LogP contribution in [0, 0.1) is 6.92 Å². The van der Waals surface area contributed by atoms with E-state index in [1.165, 1.54) is 6.20 Å². The number of hydrogen-bond donors (Lipinski definition) is 1. The van der Waals surface area contributed by atoms with E-state index in [1.807, 2.05) is 14.1 Å². The van der Waals surface area contributed by atoms with Gasteiger partial charge in [-0.05, 0) is 21.0 Å². The number of aryl methyl sites for hydroxylation is 1. The van der Waals surface area contributed by atoms with Crippen LogP contribution in [-0.4, -0.2) is 41.3 Å². The van der Waals surface area contributed by atoms with Crippen LogP contribution in [0.15, 0.2) is 6.20 Å². The van der Waals surface area contributed by atoms with Crippen LogP contribution < -0.4 is 5.73 Å². The molecule has 1 aromatic rings. The van der Waals surface area contributed by atoms with Gasteiger partial charge in [-0.25, -0.2) is 9.97 Å². The molecule has 0 aliphatic rings. The average molecular weight is 194 g/mol. The molecule has 5 nitrogen and oxygen atoms in total. The first-order chi connectivity index (χ1) is 6.50. The van der Waals surface area contributed by atoms with E-state index in [1.54, 1.807) is 11.8 Å². The predicted octanol–water partition coefficient (Wildman–Crippen LogP) is 0.112. The Morgan fingerprint density at radius 2 is 2.21 bits per heavy atom. The molecule has 0 aliphatic carbocycles. The molecular formula is C9H14N4O. The molecule has 0 atom stereocenters. The maximum absolute atomic E-state index is 11.6. The maximum atomic E-state index is 11.6. The lowest BCUT2D eigenvalue weighted by Gasteiger charge is -2.09. The van der Waals surface area contributed by atoms with E-state index in [9.17, 15) is 4.79 Å². The molecule has 0 bridgehead atoms. The topological polar surface area (TPSA) is 72.1 Å². The summed E-state index contributed by atoms with van der Waals surface area (Å²) in [4.78, 5) is 21.2. The highest BCUT2D eigenvalue weighted by molar-refractivity contribution is 5.98. The number of rotatable bonds is 3. The summed E-state index contributed by atoms with van der Waals surface area (Å²) in [6.07, 6.45) is 1.48. The van der Waals surface area contributed by atoms with Gasteiger partial charge in [-0.2, -0.15) is 0 Å². The van der Waals surface area contributed by atoms with Gasteiger partial charge in [0.05, 0.1) is 17.8 Å². The molecule has 0 saturated heterocycles. The Morgan fingerprint density at radius 1 is 1.57 bits per heavy atom.